The lowest BCUT2D eigenvalue weighted by Gasteiger charge is -2.35. The molecule has 18 heavy (non-hydrogen) atoms. The summed E-state index contributed by atoms with van der Waals surface area (Å²) in [6, 6.07) is 0. The molecule has 100 valence electrons. The minimum absolute atomic E-state index is 0.220. The molecule has 0 spiro atoms. The number of esters is 1. The molecule has 0 amide bonds. The van der Waals surface area contributed by atoms with Gasteiger partial charge in [0.2, 0.25) is 5.89 Å². The third kappa shape index (κ3) is 2.26. The number of hydrogen-bond acceptors (Lipinski definition) is 5. The molecule has 1 heterocycles. The minimum atomic E-state index is -0.659. The van der Waals surface area contributed by atoms with Crippen LogP contribution >= 0.6 is 0 Å². The van der Waals surface area contributed by atoms with E-state index >= 15 is 0 Å². The van der Waals surface area contributed by atoms with E-state index in [1.54, 1.807) is 0 Å². The molecule has 0 bridgehead atoms. The van der Waals surface area contributed by atoms with E-state index < -0.39 is 5.41 Å². The van der Waals surface area contributed by atoms with Crippen LogP contribution in [0.3, 0.4) is 0 Å². The molecule has 0 aromatic carbocycles. The summed E-state index contributed by atoms with van der Waals surface area (Å²) in [6.07, 6.45) is 5.44. The van der Waals surface area contributed by atoms with Crippen LogP contribution in [0.4, 0.5) is 0 Å². The summed E-state index contributed by atoms with van der Waals surface area (Å²) in [7, 11) is 0. The Morgan fingerprint density at radius 2 is 2.22 bits per heavy atom. The van der Waals surface area contributed by atoms with Crippen molar-refractivity contribution in [3.05, 3.63) is 11.7 Å². The van der Waals surface area contributed by atoms with Crippen LogP contribution in [0.1, 0.15) is 57.7 Å². The molecule has 1 aliphatic rings. The van der Waals surface area contributed by atoms with Crippen LogP contribution < -0.4 is 0 Å². The van der Waals surface area contributed by atoms with Gasteiger partial charge in [-0.2, -0.15) is 4.98 Å². The van der Waals surface area contributed by atoms with E-state index in [0.717, 1.165) is 38.5 Å². The molecule has 1 aromatic heterocycles. The van der Waals surface area contributed by atoms with Crippen molar-refractivity contribution in [1.29, 1.82) is 0 Å². The summed E-state index contributed by atoms with van der Waals surface area (Å²) < 4.78 is 10.4. The zero-order valence-corrected chi connectivity index (χ0v) is 11.1. The quantitative estimate of drug-likeness (QED) is 0.727. The summed E-state index contributed by atoms with van der Waals surface area (Å²) in [6.45, 7) is 4.31. The molecule has 2 rings (SSSR count). The number of aromatic nitrogens is 2. The number of carbonyl (C=O) groups excluding carboxylic acids is 1. The summed E-state index contributed by atoms with van der Waals surface area (Å²) in [5, 5.41) is 3.95. The van der Waals surface area contributed by atoms with Gasteiger partial charge in [0.15, 0.2) is 5.82 Å². The van der Waals surface area contributed by atoms with Gasteiger partial charge in [-0.05, 0) is 26.2 Å². The van der Waals surface area contributed by atoms with Crippen molar-refractivity contribution < 1.29 is 14.1 Å². The van der Waals surface area contributed by atoms with Gasteiger partial charge in [-0.3, -0.25) is 4.79 Å². The molecule has 0 radical (unpaired) electrons. The first-order valence-corrected chi connectivity index (χ1v) is 6.73. The van der Waals surface area contributed by atoms with Gasteiger partial charge in [0.25, 0.3) is 0 Å². The zero-order valence-electron chi connectivity index (χ0n) is 11.1. The number of carbonyl (C=O) groups is 1. The second-order valence-electron chi connectivity index (χ2n) is 4.78. The van der Waals surface area contributed by atoms with Crippen LogP contribution in [0.5, 0.6) is 0 Å². The number of rotatable bonds is 6. The van der Waals surface area contributed by atoms with Crippen molar-refractivity contribution in [3.8, 4) is 0 Å². The molecule has 0 saturated heterocycles. The fraction of sp³-hybridized carbons (Fsp3) is 0.769. The van der Waals surface area contributed by atoms with E-state index in [4.69, 9.17) is 9.26 Å². The monoisotopic (exact) mass is 252 g/mol. The first-order valence-electron chi connectivity index (χ1n) is 6.73. The van der Waals surface area contributed by atoms with E-state index in [2.05, 4.69) is 17.1 Å². The van der Waals surface area contributed by atoms with E-state index in [1.165, 1.54) is 0 Å². The first-order chi connectivity index (χ1) is 8.73. The Hall–Kier alpha value is -1.39. The predicted molar refractivity (Wildman–Crippen MR) is 65.1 cm³/mol. The molecule has 1 saturated carbocycles. The molecule has 0 N–H and O–H groups in total. The highest BCUT2D eigenvalue weighted by Gasteiger charge is 2.51. The van der Waals surface area contributed by atoms with Crippen molar-refractivity contribution in [2.45, 2.75) is 57.8 Å². The molecule has 1 fully saturated rings. The van der Waals surface area contributed by atoms with Gasteiger partial charge in [0.1, 0.15) is 5.41 Å². The topological polar surface area (TPSA) is 65.2 Å². The number of hydrogen-bond donors (Lipinski definition) is 0. The maximum atomic E-state index is 12.0. The Morgan fingerprint density at radius 3 is 2.78 bits per heavy atom. The van der Waals surface area contributed by atoms with Gasteiger partial charge in [-0.25, -0.2) is 0 Å². The molecular weight excluding hydrogens is 232 g/mol. The van der Waals surface area contributed by atoms with Crippen molar-refractivity contribution in [2.24, 2.45) is 0 Å². The molecule has 1 aromatic rings. The number of nitrogens with zero attached hydrogens (tertiary/aromatic N) is 2. The second-order valence-corrected chi connectivity index (χ2v) is 4.78. The average molecular weight is 252 g/mol. The SMILES string of the molecule is CCCCc1noc(C2(C(=O)OCC)CCC2)n1. The minimum Gasteiger partial charge on any atom is -0.465 e. The average Bonchev–Trinajstić information content (AvgIpc) is 2.74. The van der Waals surface area contributed by atoms with E-state index in [1.807, 2.05) is 6.92 Å². The van der Waals surface area contributed by atoms with Crippen LogP contribution in [0, 0.1) is 0 Å². The van der Waals surface area contributed by atoms with Crippen LogP contribution in [0.25, 0.3) is 0 Å². The Morgan fingerprint density at radius 1 is 1.44 bits per heavy atom. The fourth-order valence-corrected chi connectivity index (χ4v) is 2.19. The number of aryl methyl sites for hydroxylation is 1. The van der Waals surface area contributed by atoms with Crippen molar-refractivity contribution in [1.82, 2.24) is 10.1 Å². The molecule has 5 heteroatoms. The molecule has 0 atom stereocenters. The first kappa shape index (κ1) is 13.1. The molecule has 5 nitrogen and oxygen atoms in total. The summed E-state index contributed by atoms with van der Waals surface area (Å²) in [5.41, 5.74) is -0.659. The molecule has 1 aliphatic carbocycles. The Labute approximate surface area is 107 Å². The highest BCUT2D eigenvalue weighted by atomic mass is 16.5. The maximum absolute atomic E-state index is 12.0. The summed E-state index contributed by atoms with van der Waals surface area (Å²) in [4.78, 5) is 16.4. The summed E-state index contributed by atoms with van der Waals surface area (Å²) in [5.74, 6) is 0.919. The van der Waals surface area contributed by atoms with Crippen molar-refractivity contribution in [3.63, 3.8) is 0 Å². The maximum Gasteiger partial charge on any atom is 0.321 e. The molecule has 0 unspecified atom stereocenters. The Bertz CT molecular complexity index is 410. The highest BCUT2D eigenvalue weighted by molar-refractivity contribution is 5.82. The molecule has 0 aliphatic heterocycles. The smallest absolute Gasteiger partial charge is 0.321 e. The van der Waals surface area contributed by atoms with E-state index in [0.29, 0.717) is 18.3 Å². The van der Waals surface area contributed by atoms with Gasteiger partial charge in [-0.15, -0.1) is 0 Å². The lowest BCUT2D eigenvalue weighted by molar-refractivity contribution is -0.155. The molecular formula is C13H20N2O3. The Balaban J connectivity index is 2.12. The van der Waals surface area contributed by atoms with Gasteiger partial charge < -0.3 is 9.26 Å². The standard InChI is InChI=1S/C13H20N2O3/c1-3-5-7-10-14-11(18-15-10)13(8-6-9-13)12(16)17-4-2/h3-9H2,1-2H3. The van der Waals surface area contributed by atoms with Gasteiger partial charge in [0, 0.05) is 6.42 Å². The second kappa shape index (κ2) is 5.50. The number of ether oxygens (including phenoxy) is 1. The van der Waals surface area contributed by atoms with E-state index in [-0.39, 0.29) is 5.97 Å². The van der Waals surface area contributed by atoms with Gasteiger partial charge in [-0.1, -0.05) is 24.9 Å². The Kier molecular flexibility index (Phi) is 3.99. The van der Waals surface area contributed by atoms with Crippen LogP contribution in [0.15, 0.2) is 4.52 Å². The van der Waals surface area contributed by atoms with Crippen LogP contribution in [-0.2, 0) is 21.4 Å². The normalized spacial score (nSPS) is 17.2. The zero-order chi connectivity index (χ0) is 13.0. The van der Waals surface area contributed by atoms with Crippen molar-refractivity contribution >= 4 is 5.97 Å². The lowest BCUT2D eigenvalue weighted by Crippen LogP contribution is -2.44. The third-order valence-corrected chi connectivity index (χ3v) is 3.50. The largest absolute Gasteiger partial charge is 0.465 e. The van der Waals surface area contributed by atoms with Crippen molar-refractivity contribution in [2.75, 3.05) is 6.61 Å². The van der Waals surface area contributed by atoms with Crippen LogP contribution in [0.2, 0.25) is 0 Å². The van der Waals surface area contributed by atoms with Gasteiger partial charge >= 0.3 is 5.97 Å². The lowest BCUT2D eigenvalue weighted by atomic mass is 9.68. The highest BCUT2D eigenvalue weighted by Crippen LogP contribution is 2.44. The third-order valence-electron chi connectivity index (χ3n) is 3.50. The van der Waals surface area contributed by atoms with Crippen LogP contribution in [-0.4, -0.2) is 22.7 Å². The fourth-order valence-electron chi connectivity index (χ4n) is 2.19. The van der Waals surface area contributed by atoms with Gasteiger partial charge in [0.05, 0.1) is 6.61 Å². The predicted octanol–water partition coefficient (Wildman–Crippen LogP) is 2.40. The summed E-state index contributed by atoms with van der Waals surface area (Å²) >= 11 is 0. The van der Waals surface area contributed by atoms with E-state index in [9.17, 15) is 4.79 Å². The number of unbranched alkanes of at least 4 members (excludes halogenated alkanes) is 1.